The van der Waals surface area contributed by atoms with Crippen LogP contribution in [0.3, 0.4) is 0 Å². The van der Waals surface area contributed by atoms with Crippen molar-refractivity contribution in [1.29, 1.82) is 0 Å². The lowest BCUT2D eigenvalue weighted by Gasteiger charge is -2.04. The molecule has 1 aromatic carbocycles. The van der Waals surface area contributed by atoms with Gasteiger partial charge in [-0.25, -0.2) is 5.43 Å². The lowest BCUT2D eigenvalue weighted by atomic mass is 10.1. The quantitative estimate of drug-likeness (QED) is 0.557. The number of H-pyrrole nitrogens is 1. The number of nitrogens with one attached hydrogen (secondary N) is 2. The number of rotatable bonds is 5. The van der Waals surface area contributed by atoms with Crippen LogP contribution in [-0.4, -0.2) is 28.9 Å². The number of carbonyl (C=O) groups is 1. The summed E-state index contributed by atoms with van der Waals surface area (Å²) in [6, 6.07) is 12.6. The lowest BCUT2D eigenvalue weighted by molar-refractivity contribution is 0.0950. The van der Waals surface area contributed by atoms with Crippen LogP contribution in [0, 0.1) is 0 Å². The molecule has 0 bridgehead atoms. The van der Waals surface area contributed by atoms with E-state index in [0.29, 0.717) is 28.6 Å². The highest BCUT2D eigenvalue weighted by molar-refractivity contribution is 5.98. The normalized spacial score (nSPS) is 11.3. The number of carbonyl (C=O) groups excluding carboxylic acids is 1. The minimum atomic E-state index is -0.394. The molecular formula is C17H16N4O3. The van der Waals surface area contributed by atoms with Crippen molar-refractivity contribution in [2.24, 2.45) is 5.10 Å². The summed E-state index contributed by atoms with van der Waals surface area (Å²) < 4.78 is 10.5. The van der Waals surface area contributed by atoms with E-state index >= 15 is 0 Å². The third-order valence-electron chi connectivity index (χ3n) is 3.41. The van der Waals surface area contributed by atoms with Crippen molar-refractivity contribution >= 4 is 11.6 Å². The first-order valence-corrected chi connectivity index (χ1v) is 7.26. The van der Waals surface area contributed by atoms with Gasteiger partial charge in [-0.3, -0.25) is 9.89 Å². The summed E-state index contributed by atoms with van der Waals surface area (Å²) in [6.45, 7) is 1.74. The van der Waals surface area contributed by atoms with E-state index in [2.05, 4.69) is 20.7 Å². The summed E-state index contributed by atoms with van der Waals surface area (Å²) in [5, 5.41) is 10.9. The molecule has 2 aromatic heterocycles. The Bertz CT molecular complexity index is 866. The number of hydrogen-bond acceptors (Lipinski definition) is 5. The molecule has 2 heterocycles. The average molecular weight is 324 g/mol. The molecule has 1 amide bonds. The highest BCUT2D eigenvalue weighted by atomic mass is 16.5. The third kappa shape index (κ3) is 3.19. The van der Waals surface area contributed by atoms with E-state index in [-0.39, 0.29) is 0 Å². The standard InChI is InChI=1S/C17H16N4O3/c1-11(15-8-5-9-24-15)18-21-17(22)14-10-13(19-20-14)12-6-3-4-7-16(12)23-2/h3-10H,1-2H3,(H,19,20)(H,21,22)/b18-11+. The average Bonchev–Trinajstić information content (AvgIpc) is 3.30. The van der Waals surface area contributed by atoms with Gasteiger partial charge in [0.2, 0.25) is 0 Å². The number of para-hydroxylation sites is 1. The molecule has 0 radical (unpaired) electrons. The molecule has 0 fully saturated rings. The van der Waals surface area contributed by atoms with Crippen molar-refractivity contribution in [3.05, 3.63) is 60.2 Å². The predicted octanol–water partition coefficient (Wildman–Crippen LogP) is 2.83. The van der Waals surface area contributed by atoms with Gasteiger partial charge in [0.25, 0.3) is 5.91 Å². The minimum Gasteiger partial charge on any atom is -0.496 e. The summed E-state index contributed by atoms with van der Waals surface area (Å²) in [5.74, 6) is 0.881. The molecule has 3 rings (SSSR count). The van der Waals surface area contributed by atoms with Gasteiger partial charge < -0.3 is 9.15 Å². The lowest BCUT2D eigenvalue weighted by Crippen LogP contribution is -2.19. The maximum Gasteiger partial charge on any atom is 0.289 e. The van der Waals surface area contributed by atoms with E-state index in [1.54, 1.807) is 38.5 Å². The largest absolute Gasteiger partial charge is 0.496 e. The Morgan fingerprint density at radius 3 is 2.88 bits per heavy atom. The Balaban J connectivity index is 1.76. The number of hydrogen-bond donors (Lipinski definition) is 2. The summed E-state index contributed by atoms with van der Waals surface area (Å²) in [6.07, 6.45) is 1.55. The topological polar surface area (TPSA) is 92.5 Å². The number of methoxy groups -OCH3 is 1. The summed E-state index contributed by atoms with van der Waals surface area (Å²) in [4.78, 5) is 12.2. The van der Waals surface area contributed by atoms with Gasteiger partial charge in [0.15, 0.2) is 0 Å². The molecule has 0 aliphatic carbocycles. The highest BCUT2D eigenvalue weighted by Crippen LogP contribution is 2.28. The third-order valence-corrected chi connectivity index (χ3v) is 3.41. The molecule has 24 heavy (non-hydrogen) atoms. The first-order valence-electron chi connectivity index (χ1n) is 7.26. The second-order valence-electron chi connectivity index (χ2n) is 4.98. The summed E-state index contributed by atoms with van der Waals surface area (Å²) >= 11 is 0. The van der Waals surface area contributed by atoms with Crippen LogP contribution in [0.4, 0.5) is 0 Å². The molecule has 0 unspecified atom stereocenters. The van der Waals surface area contributed by atoms with E-state index in [4.69, 9.17) is 9.15 Å². The number of furan rings is 1. The fourth-order valence-electron chi connectivity index (χ4n) is 2.17. The number of ether oxygens (including phenoxy) is 1. The monoisotopic (exact) mass is 324 g/mol. The van der Waals surface area contributed by atoms with Crippen LogP contribution in [0.5, 0.6) is 5.75 Å². The van der Waals surface area contributed by atoms with Crippen molar-refractivity contribution in [3.63, 3.8) is 0 Å². The van der Waals surface area contributed by atoms with Crippen LogP contribution in [0.15, 0.2) is 58.2 Å². The van der Waals surface area contributed by atoms with E-state index in [9.17, 15) is 4.79 Å². The number of aromatic nitrogens is 2. The fraction of sp³-hybridized carbons (Fsp3) is 0.118. The van der Waals surface area contributed by atoms with E-state index < -0.39 is 5.91 Å². The fourth-order valence-corrected chi connectivity index (χ4v) is 2.17. The Morgan fingerprint density at radius 1 is 1.29 bits per heavy atom. The molecule has 2 N–H and O–H groups in total. The van der Waals surface area contributed by atoms with Gasteiger partial charge in [-0.2, -0.15) is 10.2 Å². The van der Waals surface area contributed by atoms with Crippen molar-refractivity contribution in [2.75, 3.05) is 7.11 Å². The molecule has 7 nitrogen and oxygen atoms in total. The van der Waals surface area contributed by atoms with Gasteiger partial charge in [0, 0.05) is 5.56 Å². The van der Waals surface area contributed by atoms with Crippen LogP contribution in [0.25, 0.3) is 11.3 Å². The van der Waals surface area contributed by atoms with Gasteiger partial charge in [0.05, 0.1) is 19.1 Å². The number of aromatic amines is 1. The second-order valence-corrected chi connectivity index (χ2v) is 4.98. The Labute approximate surface area is 138 Å². The highest BCUT2D eigenvalue weighted by Gasteiger charge is 2.13. The van der Waals surface area contributed by atoms with Crippen molar-refractivity contribution in [2.45, 2.75) is 6.92 Å². The zero-order valence-electron chi connectivity index (χ0n) is 13.2. The van der Waals surface area contributed by atoms with Crippen molar-refractivity contribution in [1.82, 2.24) is 15.6 Å². The first kappa shape index (κ1) is 15.5. The summed E-state index contributed by atoms with van der Waals surface area (Å²) in [7, 11) is 1.59. The van der Waals surface area contributed by atoms with Crippen LogP contribution in [-0.2, 0) is 0 Å². The van der Waals surface area contributed by atoms with E-state index in [1.165, 1.54) is 0 Å². The molecule has 122 valence electrons. The van der Waals surface area contributed by atoms with Gasteiger partial charge in [0.1, 0.15) is 22.9 Å². The maximum absolute atomic E-state index is 12.2. The molecule has 0 aliphatic heterocycles. The molecule has 0 saturated heterocycles. The number of nitrogens with zero attached hydrogens (tertiary/aromatic N) is 2. The molecule has 7 heteroatoms. The number of benzene rings is 1. The molecule has 0 spiro atoms. The molecule has 0 aliphatic rings. The number of amides is 1. The van der Waals surface area contributed by atoms with Crippen LogP contribution >= 0.6 is 0 Å². The van der Waals surface area contributed by atoms with Gasteiger partial charge >= 0.3 is 0 Å². The SMILES string of the molecule is COc1ccccc1-c1cc(C(=O)N/N=C(\C)c2ccco2)[nH]n1. The molecular weight excluding hydrogens is 308 g/mol. The van der Waals surface area contributed by atoms with Crippen LogP contribution in [0.1, 0.15) is 23.2 Å². The number of hydrazone groups is 1. The Kier molecular flexibility index (Phi) is 4.42. The van der Waals surface area contributed by atoms with Crippen LogP contribution in [0.2, 0.25) is 0 Å². The molecule has 3 aromatic rings. The van der Waals surface area contributed by atoms with Crippen molar-refractivity contribution in [3.8, 4) is 17.0 Å². The molecule has 0 atom stereocenters. The maximum atomic E-state index is 12.2. The first-order chi connectivity index (χ1) is 11.7. The second kappa shape index (κ2) is 6.82. The van der Waals surface area contributed by atoms with Gasteiger partial charge in [-0.05, 0) is 37.3 Å². The predicted molar refractivity (Wildman–Crippen MR) is 89.0 cm³/mol. The Hall–Kier alpha value is -3.35. The summed E-state index contributed by atoms with van der Waals surface area (Å²) in [5.41, 5.74) is 4.74. The molecule has 0 saturated carbocycles. The van der Waals surface area contributed by atoms with E-state index in [0.717, 1.165) is 5.56 Å². The van der Waals surface area contributed by atoms with Crippen molar-refractivity contribution < 1.29 is 13.9 Å². The minimum absolute atomic E-state index is 0.298. The zero-order chi connectivity index (χ0) is 16.9. The smallest absolute Gasteiger partial charge is 0.289 e. The van der Waals surface area contributed by atoms with E-state index in [1.807, 2.05) is 24.3 Å². The zero-order valence-corrected chi connectivity index (χ0v) is 13.2. The van der Waals surface area contributed by atoms with Crippen LogP contribution < -0.4 is 10.2 Å². The van der Waals surface area contributed by atoms with Gasteiger partial charge in [-0.15, -0.1) is 0 Å². The Morgan fingerprint density at radius 2 is 2.12 bits per heavy atom. The van der Waals surface area contributed by atoms with Gasteiger partial charge in [-0.1, -0.05) is 12.1 Å².